The Balaban J connectivity index is 1.54. The maximum absolute atomic E-state index is 12.3. The standard InChI is InChI=1S/C20H21N3O/c1-23(15-16-7-3-2-4-8-16)19(24)12-14-21-18-11-5-9-17-10-6-13-22-20(17)18/h2-11,13,21H,12,14-15H2,1H3. The van der Waals surface area contributed by atoms with E-state index in [1.807, 2.05) is 67.7 Å². The molecular formula is C20H21N3O. The number of fused-ring (bicyclic) bond motifs is 1. The van der Waals surface area contributed by atoms with Crippen LogP contribution in [0.25, 0.3) is 10.9 Å². The van der Waals surface area contributed by atoms with E-state index in [1.165, 1.54) is 0 Å². The summed E-state index contributed by atoms with van der Waals surface area (Å²) in [5, 5.41) is 4.42. The molecule has 1 N–H and O–H groups in total. The van der Waals surface area contributed by atoms with Gasteiger partial charge in [-0.3, -0.25) is 9.78 Å². The summed E-state index contributed by atoms with van der Waals surface area (Å²) in [6.45, 7) is 1.23. The number of amides is 1. The Kier molecular flexibility index (Phi) is 5.06. The lowest BCUT2D eigenvalue weighted by Gasteiger charge is -2.17. The number of pyridine rings is 1. The largest absolute Gasteiger partial charge is 0.383 e. The lowest BCUT2D eigenvalue weighted by atomic mass is 10.2. The molecule has 0 atom stereocenters. The highest BCUT2D eigenvalue weighted by Crippen LogP contribution is 2.20. The highest BCUT2D eigenvalue weighted by atomic mass is 16.2. The van der Waals surface area contributed by atoms with E-state index in [9.17, 15) is 4.79 Å². The van der Waals surface area contributed by atoms with Gasteiger partial charge in [0.2, 0.25) is 5.91 Å². The van der Waals surface area contributed by atoms with E-state index < -0.39 is 0 Å². The van der Waals surface area contributed by atoms with E-state index in [1.54, 1.807) is 11.1 Å². The van der Waals surface area contributed by atoms with Gasteiger partial charge in [0.25, 0.3) is 0 Å². The Morgan fingerprint density at radius 3 is 2.67 bits per heavy atom. The predicted octanol–water partition coefficient (Wildman–Crippen LogP) is 3.70. The van der Waals surface area contributed by atoms with Crippen LogP contribution in [0.2, 0.25) is 0 Å². The van der Waals surface area contributed by atoms with Crippen LogP contribution >= 0.6 is 0 Å². The Morgan fingerprint density at radius 2 is 1.83 bits per heavy atom. The van der Waals surface area contributed by atoms with Gasteiger partial charge in [-0.05, 0) is 17.7 Å². The van der Waals surface area contributed by atoms with Gasteiger partial charge >= 0.3 is 0 Å². The van der Waals surface area contributed by atoms with Gasteiger partial charge in [0.1, 0.15) is 0 Å². The summed E-state index contributed by atoms with van der Waals surface area (Å²) in [7, 11) is 1.84. The van der Waals surface area contributed by atoms with Gasteiger partial charge < -0.3 is 10.2 Å². The molecule has 1 heterocycles. The number of anilines is 1. The SMILES string of the molecule is CN(Cc1ccccc1)C(=O)CCNc1cccc2cccnc12. The second-order valence-corrected chi connectivity index (χ2v) is 5.79. The quantitative estimate of drug-likeness (QED) is 0.753. The van der Waals surface area contributed by atoms with E-state index in [0.717, 1.165) is 22.2 Å². The zero-order valence-corrected chi connectivity index (χ0v) is 13.8. The van der Waals surface area contributed by atoms with Gasteiger partial charge in [0, 0.05) is 38.1 Å². The van der Waals surface area contributed by atoms with Crippen molar-refractivity contribution in [1.29, 1.82) is 0 Å². The normalized spacial score (nSPS) is 10.5. The maximum Gasteiger partial charge on any atom is 0.224 e. The monoisotopic (exact) mass is 319 g/mol. The molecule has 1 aromatic heterocycles. The molecule has 2 aromatic carbocycles. The first-order valence-corrected chi connectivity index (χ1v) is 8.09. The van der Waals surface area contributed by atoms with Crippen LogP contribution in [0.1, 0.15) is 12.0 Å². The molecule has 4 nitrogen and oxygen atoms in total. The average Bonchev–Trinajstić information content (AvgIpc) is 2.62. The minimum atomic E-state index is 0.125. The van der Waals surface area contributed by atoms with Crippen molar-refractivity contribution < 1.29 is 4.79 Å². The summed E-state index contributed by atoms with van der Waals surface area (Å²) >= 11 is 0. The molecule has 0 saturated carbocycles. The number of hydrogen-bond donors (Lipinski definition) is 1. The number of benzene rings is 2. The van der Waals surface area contributed by atoms with E-state index in [2.05, 4.69) is 10.3 Å². The maximum atomic E-state index is 12.3. The fraction of sp³-hybridized carbons (Fsp3) is 0.200. The highest BCUT2D eigenvalue weighted by molar-refractivity contribution is 5.90. The van der Waals surface area contributed by atoms with E-state index >= 15 is 0 Å². The Bertz CT molecular complexity index is 812. The van der Waals surface area contributed by atoms with Crippen molar-refractivity contribution in [3.8, 4) is 0 Å². The fourth-order valence-corrected chi connectivity index (χ4v) is 2.69. The molecule has 0 aliphatic rings. The molecule has 0 unspecified atom stereocenters. The van der Waals surface area contributed by atoms with Gasteiger partial charge in [0.15, 0.2) is 0 Å². The molecule has 0 radical (unpaired) electrons. The predicted molar refractivity (Wildman–Crippen MR) is 97.8 cm³/mol. The Morgan fingerprint density at radius 1 is 1.04 bits per heavy atom. The molecular weight excluding hydrogens is 298 g/mol. The van der Waals surface area contributed by atoms with Crippen LogP contribution in [0, 0.1) is 0 Å². The molecule has 4 heteroatoms. The van der Waals surface area contributed by atoms with Crippen LogP contribution < -0.4 is 5.32 Å². The molecule has 0 aliphatic carbocycles. The summed E-state index contributed by atoms with van der Waals surface area (Å²) in [6, 6.07) is 20.0. The molecule has 122 valence electrons. The molecule has 0 spiro atoms. The second kappa shape index (κ2) is 7.59. The van der Waals surface area contributed by atoms with E-state index in [-0.39, 0.29) is 5.91 Å². The smallest absolute Gasteiger partial charge is 0.224 e. The number of carbonyl (C=O) groups is 1. The first-order chi connectivity index (χ1) is 11.7. The average molecular weight is 319 g/mol. The van der Waals surface area contributed by atoms with Crippen LogP contribution in [0.15, 0.2) is 66.9 Å². The summed E-state index contributed by atoms with van der Waals surface area (Å²) in [6.07, 6.45) is 2.23. The molecule has 3 rings (SSSR count). The first kappa shape index (κ1) is 16.0. The number of carbonyl (C=O) groups excluding carboxylic acids is 1. The summed E-state index contributed by atoms with van der Waals surface area (Å²) in [5.74, 6) is 0.125. The molecule has 1 amide bonds. The molecule has 3 aromatic rings. The third-order valence-electron chi connectivity index (χ3n) is 3.98. The third-order valence-corrected chi connectivity index (χ3v) is 3.98. The van der Waals surface area contributed by atoms with Crippen LogP contribution in [0.4, 0.5) is 5.69 Å². The summed E-state index contributed by atoms with van der Waals surface area (Å²) in [4.78, 5) is 18.4. The minimum Gasteiger partial charge on any atom is -0.383 e. The number of rotatable bonds is 6. The lowest BCUT2D eigenvalue weighted by molar-refractivity contribution is -0.130. The highest BCUT2D eigenvalue weighted by Gasteiger charge is 2.09. The van der Waals surface area contributed by atoms with Gasteiger partial charge in [0.05, 0.1) is 11.2 Å². The third kappa shape index (κ3) is 3.90. The van der Waals surface area contributed by atoms with Crippen molar-refractivity contribution in [2.45, 2.75) is 13.0 Å². The minimum absolute atomic E-state index is 0.125. The van der Waals surface area contributed by atoms with Crippen LogP contribution in [-0.4, -0.2) is 29.4 Å². The van der Waals surface area contributed by atoms with Crippen molar-refractivity contribution in [2.24, 2.45) is 0 Å². The zero-order chi connectivity index (χ0) is 16.8. The second-order valence-electron chi connectivity index (χ2n) is 5.79. The number of nitrogens with one attached hydrogen (secondary N) is 1. The van der Waals surface area contributed by atoms with Crippen molar-refractivity contribution >= 4 is 22.5 Å². The van der Waals surface area contributed by atoms with Crippen molar-refractivity contribution in [3.05, 3.63) is 72.4 Å². The number of nitrogens with zero attached hydrogens (tertiary/aromatic N) is 2. The first-order valence-electron chi connectivity index (χ1n) is 8.09. The van der Waals surface area contributed by atoms with Crippen LogP contribution in [-0.2, 0) is 11.3 Å². The summed E-state index contributed by atoms with van der Waals surface area (Å²) < 4.78 is 0. The van der Waals surface area contributed by atoms with Crippen molar-refractivity contribution in [3.63, 3.8) is 0 Å². The Labute approximate surface area is 142 Å². The van der Waals surface area contributed by atoms with Crippen LogP contribution in [0.5, 0.6) is 0 Å². The van der Waals surface area contributed by atoms with Crippen LogP contribution in [0.3, 0.4) is 0 Å². The number of para-hydroxylation sites is 1. The lowest BCUT2D eigenvalue weighted by Crippen LogP contribution is -2.27. The molecule has 0 aliphatic heterocycles. The van der Waals surface area contributed by atoms with Crippen molar-refractivity contribution in [1.82, 2.24) is 9.88 Å². The number of hydrogen-bond acceptors (Lipinski definition) is 3. The van der Waals surface area contributed by atoms with E-state index in [0.29, 0.717) is 19.5 Å². The fourth-order valence-electron chi connectivity index (χ4n) is 2.69. The zero-order valence-electron chi connectivity index (χ0n) is 13.8. The Hall–Kier alpha value is -2.88. The number of aromatic nitrogens is 1. The summed E-state index contributed by atoms with van der Waals surface area (Å²) in [5.41, 5.74) is 3.04. The van der Waals surface area contributed by atoms with E-state index in [4.69, 9.17) is 0 Å². The molecule has 24 heavy (non-hydrogen) atoms. The van der Waals surface area contributed by atoms with Gasteiger partial charge in [-0.15, -0.1) is 0 Å². The van der Waals surface area contributed by atoms with Crippen molar-refractivity contribution in [2.75, 3.05) is 18.9 Å². The molecule has 0 saturated heterocycles. The van der Waals surface area contributed by atoms with Gasteiger partial charge in [-0.1, -0.05) is 48.5 Å². The molecule has 0 fully saturated rings. The van der Waals surface area contributed by atoms with Gasteiger partial charge in [-0.2, -0.15) is 0 Å². The van der Waals surface area contributed by atoms with Gasteiger partial charge in [-0.25, -0.2) is 0 Å². The molecule has 0 bridgehead atoms. The topological polar surface area (TPSA) is 45.2 Å².